The van der Waals surface area contributed by atoms with Gasteiger partial charge in [-0.2, -0.15) is 10.2 Å². The molecule has 1 aromatic carbocycles. The van der Waals surface area contributed by atoms with Crippen molar-refractivity contribution in [1.29, 1.82) is 0 Å². The third-order valence-corrected chi connectivity index (χ3v) is 4.62. The molecule has 0 aliphatic heterocycles. The zero-order chi connectivity index (χ0) is 18.0. The Hall–Kier alpha value is -2.19. The minimum atomic E-state index is -0.296. The topological polar surface area (TPSA) is 64.7 Å². The number of benzene rings is 1. The van der Waals surface area contributed by atoms with Gasteiger partial charge in [0.25, 0.3) is 0 Å². The van der Waals surface area contributed by atoms with E-state index in [1.807, 2.05) is 6.92 Å². The molecule has 6 nitrogen and oxygen atoms in total. The third-order valence-electron chi connectivity index (χ3n) is 3.57. The number of nitrogens with one attached hydrogen (secondary N) is 1. The lowest BCUT2D eigenvalue weighted by molar-refractivity contribution is -0.117. The first-order valence-corrected chi connectivity index (χ1v) is 8.54. The molecular weight excluding hydrogens is 413 g/mol. The molecule has 3 aromatic rings. The Kier molecular flexibility index (Phi) is 5.19. The first kappa shape index (κ1) is 17.6. The van der Waals surface area contributed by atoms with Crippen LogP contribution < -0.4 is 5.32 Å². The second kappa shape index (κ2) is 7.37. The molecule has 0 saturated heterocycles. The van der Waals surface area contributed by atoms with Crippen LogP contribution in [0, 0.1) is 12.7 Å². The summed E-state index contributed by atoms with van der Waals surface area (Å²) >= 11 is 9.48. The van der Waals surface area contributed by atoms with Gasteiger partial charge in [0, 0.05) is 6.20 Å². The first-order valence-electron chi connectivity index (χ1n) is 7.37. The quantitative estimate of drug-likeness (QED) is 0.677. The van der Waals surface area contributed by atoms with Crippen LogP contribution in [0.2, 0.25) is 5.02 Å². The number of amides is 1. The van der Waals surface area contributed by atoms with Gasteiger partial charge in [-0.05, 0) is 40.5 Å². The molecule has 0 atom stereocenters. The third kappa shape index (κ3) is 4.26. The number of hydrogen-bond acceptors (Lipinski definition) is 3. The van der Waals surface area contributed by atoms with E-state index in [2.05, 4.69) is 31.4 Å². The van der Waals surface area contributed by atoms with Crippen molar-refractivity contribution in [2.75, 3.05) is 5.32 Å². The van der Waals surface area contributed by atoms with Gasteiger partial charge in [-0.3, -0.25) is 14.2 Å². The maximum absolute atomic E-state index is 12.9. The van der Waals surface area contributed by atoms with Crippen LogP contribution in [-0.4, -0.2) is 25.5 Å². The van der Waals surface area contributed by atoms with Gasteiger partial charge in [-0.15, -0.1) is 0 Å². The molecule has 2 heterocycles. The molecular formula is C16H14BrClFN5O. The molecule has 9 heteroatoms. The van der Waals surface area contributed by atoms with Gasteiger partial charge in [-0.1, -0.05) is 23.7 Å². The fourth-order valence-electron chi connectivity index (χ4n) is 2.23. The number of carbonyl (C=O) groups excluding carboxylic acids is 1. The van der Waals surface area contributed by atoms with Gasteiger partial charge in [0.2, 0.25) is 5.91 Å². The number of nitrogens with zero attached hydrogens (tertiary/aromatic N) is 4. The number of aromatic nitrogens is 4. The van der Waals surface area contributed by atoms with E-state index < -0.39 is 0 Å². The highest BCUT2D eigenvalue weighted by Crippen LogP contribution is 2.20. The maximum atomic E-state index is 12.9. The second-order valence-electron chi connectivity index (χ2n) is 5.43. The summed E-state index contributed by atoms with van der Waals surface area (Å²) in [7, 11) is 0. The molecule has 0 saturated carbocycles. The molecule has 0 aliphatic carbocycles. The minimum Gasteiger partial charge on any atom is -0.306 e. The molecule has 130 valence electrons. The Bertz CT molecular complexity index is 906. The van der Waals surface area contributed by atoms with Gasteiger partial charge < -0.3 is 5.32 Å². The van der Waals surface area contributed by atoms with Crippen molar-refractivity contribution < 1.29 is 9.18 Å². The molecule has 0 fully saturated rings. The van der Waals surface area contributed by atoms with E-state index in [1.54, 1.807) is 33.9 Å². The molecule has 3 rings (SSSR count). The van der Waals surface area contributed by atoms with E-state index in [1.165, 1.54) is 12.1 Å². The number of carbonyl (C=O) groups is 1. The van der Waals surface area contributed by atoms with Crippen LogP contribution in [0.4, 0.5) is 10.2 Å². The van der Waals surface area contributed by atoms with Crippen LogP contribution >= 0.6 is 27.5 Å². The summed E-state index contributed by atoms with van der Waals surface area (Å²) in [5.74, 6) is -0.305. The molecule has 0 spiro atoms. The van der Waals surface area contributed by atoms with Gasteiger partial charge in [0.1, 0.15) is 17.4 Å². The summed E-state index contributed by atoms with van der Waals surface area (Å²) in [4.78, 5) is 12.2. The fraction of sp³-hybridized carbons (Fsp3) is 0.188. The average molecular weight is 427 g/mol. The van der Waals surface area contributed by atoms with E-state index in [4.69, 9.17) is 11.6 Å². The Morgan fingerprint density at radius 2 is 2.08 bits per heavy atom. The van der Waals surface area contributed by atoms with E-state index in [0.29, 0.717) is 11.6 Å². The summed E-state index contributed by atoms with van der Waals surface area (Å²) < 4.78 is 16.9. The number of halogens is 3. The minimum absolute atomic E-state index is 0.0542. The highest BCUT2D eigenvalue weighted by Gasteiger charge is 2.13. The highest BCUT2D eigenvalue weighted by atomic mass is 79.9. The predicted molar refractivity (Wildman–Crippen MR) is 96.0 cm³/mol. The Morgan fingerprint density at radius 1 is 1.36 bits per heavy atom. The average Bonchev–Trinajstić information content (AvgIpc) is 3.06. The number of hydrogen-bond donors (Lipinski definition) is 1. The van der Waals surface area contributed by atoms with Crippen molar-refractivity contribution in [3.05, 3.63) is 63.2 Å². The molecule has 1 amide bonds. The summed E-state index contributed by atoms with van der Waals surface area (Å²) in [6.45, 7) is 2.33. The Balaban J connectivity index is 1.66. The highest BCUT2D eigenvalue weighted by molar-refractivity contribution is 9.10. The monoisotopic (exact) mass is 425 g/mol. The normalized spacial score (nSPS) is 10.9. The van der Waals surface area contributed by atoms with Gasteiger partial charge in [0.15, 0.2) is 5.82 Å². The summed E-state index contributed by atoms with van der Waals surface area (Å²) in [5.41, 5.74) is 1.72. The predicted octanol–water partition coefficient (Wildman–Crippen LogP) is 3.63. The van der Waals surface area contributed by atoms with Crippen LogP contribution in [0.3, 0.4) is 0 Å². The second-order valence-corrected chi connectivity index (χ2v) is 6.69. The van der Waals surface area contributed by atoms with Crippen LogP contribution in [0.1, 0.15) is 11.3 Å². The number of rotatable bonds is 5. The number of anilines is 1. The lowest BCUT2D eigenvalue weighted by Gasteiger charge is -2.05. The van der Waals surface area contributed by atoms with Gasteiger partial charge >= 0.3 is 0 Å². The molecule has 0 aliphatic rings. The van der Waals surface area contributed by atoms with Crippen molar-refractivity contribution in [2.24, 2.45) is 0 Å². The van der Waals surface area contributed by atoms with E-state index in [0.717, 1.165) is 15.7 Å². The van der Waals surface area contributed by atoms with E-state index >= 15 is 0 Å². The van der Waals surface area contributed by atoms with E-state index in [-0.39, 0.29) is 24.1 Å². The standard InChI is InChI=1S/C16H14BrClFN5O/c1-10-13(17)6-20-24(10)9-15(25)21-16-14(18)8-23(22-16)7-11-2-4-12(19)5-3-11/h2-6,8H,7,9H2,1H3,(H,21,22,25). The van der Waals surface area contributed by atoms with Crippen LogP contribution in [0.15, 0.2) is 41.1 Å². The smallest absolute Gasteiger partial charge is 0.247 e. The first-order chi connectivity index (χ1) is 11.9. The lowest BCUT2D eigenvalue weighted by Crippen LogP contribution is -2.20. The van der Waals surface area contributed by atoms with Crippen LogP contribution in [-0.2, 0) is 17.9 Å². The molecule has 0 radical (unpaired) electrons. The van der Waals surface area contributed by atoms with Crippen molar-refractivity contribution in [1.82, 2.24) is 19.6 Å². The molecule has 0 unspecified atom stereocenters. The van der Waals surface area contributed by atoms with E-state index in [9.17, 15) is 9.18 Å². The fourth-order valence-corrected chi connectivity index (χ4v) is 2.72. The Labute approximate surface area is 156 Å². The summed E-state index contributed by atoms with van der Waals surface area (Å²) in [5, 5.41) is 11.4. The summed E-state index contributed by atoms with van der Waals surface area (Å²) in [6, 6.07) is 6.10. The summed E-state index contributed by atoms with van der Waals surface area (Å²) in [6.07, 6.45) is 3.24. The van der Waals surface area contributed by atoms with Crippen LogP contribution in [0.5, 0.6) is 0 Å². The molecule has 1 N–H and O–H groups in total. The van der Waals surface area contributed by atoms with Crippen molar-refractivity contribution in [2.45, 2.75) is 20.0 Å². The zero-order valence-corrected chi connectivity index (χ0v) is 15.6. The van der Waals surface area contributed by atoms with Gasteiger partial charge in [0.05, 0.1) is 22.9 Å². The molecule has 25 heavy (non-hydrogen) atoms. The SMILES string of the molecule is Cc1c(Br)cnn1CC(=O)Nc1nn(Cc2ccc(F)cc2)cc1Cl. The largest absolute Gasteiger partial charge is 0.306 e. The lowest BCUT2D eigenvalue weighted by atomic mass is 10.2. The maximum Gasteiger partial charge on any atom is 0.247 e. The van der Waals surface area contributed by atoms with Gasteiger partial charge in [-0.25, -0.2) is 4.39 Å². The zero-order valence-electron chi connectivity index (χ0n) is 13.2. The Morgan fingerprint density at radius 3 is 2.72 bits per heavy atom. The van der Waals surface area contributed by atoms with Crippen molar-refractivity contribution >= 4 is 39.3 Å². The van der Waals surface area contributed by atoms with Crippen LogP contribution in [0.25, 0.3) is 0 Å². The van der Waals surface area contributed by atoms with Crippen molar-refractivity contribution in [3.63, 3.8) is 0 Å². The van der Waals surface area contributed by atoms with Crippen molar-refractivity contribution in [3.8, 4) is 0 Å². The molecule has 0 bridgehead atoms. The molecule has 2 aromatic heterocycles.